The van der Waals surface area contributed by atoms with Gasteiger partial charge in [0, 0.05) is 13.1 Å². The fourth-order valence-electron chi connectivity index (χ4n) is 3.82. The van der Waals surface area contributed by atoms with E-state index in [1.54, 1.807) is 11.1 Å². The molecule has 0 bridgehead atoms. The molecule has 0 atom stereocenters. The minimum absolute atomic E-state index is 1.03. The van der Waals surface area contributed by atoms with Crippen LogP contribution in [0.25, 0.3) is 0 Å². The average molecular weight is 322 g/mol. The number of benzene rings is 2. The number of hydrogen-bond donors (Lipinski definition) is 0. The highest BCUT2D eigenvalue weighted by Crippen LogP contribution is 2.32. The molecule has 0 radical (unpaired) electrons. The van der Waals surface area contributed by atoms with E-state index in [-0.39, 0.29) is 0 Å². The van der Waals surface area contributed by atoms with Gasteiger partial charge < -0.3 is 4.90 Å². The third-order valence-corrected chi connectivity index (χ3v) is 5.25. The zero-order valence-electron chi connectivity index (χ0n) is 15.6. The predicted octanol–water partition coefficient (Wildman–Crippen LogP) is 4.09. The van der Waals surface area contributed by atoms with E-state index in [1.165, 1.54) is 22.3 Å². The number of nitrogens with zero attached hydrogens (tertiary/aromatic N) is 2. The van der Waals surface area contributed by atoms with Crippen molar-refractivity contribution in [2.75, 3.05) is 27.2 Å². The van der Waals surface area contributed by atoms with Crippen molar-refractivity contribution in [1.29, 1.82) is 0 Å². The summed E-state index contributed by atoms with van der Waals surface area (Å²) in [5.74, 6) is 0. The molecule has 0 heterocycles. The first-order chi connectivity index (χ1) is 11.6. The van der Waals surface area contributed by atoms with E-state index in [2.05, 4.69) is 74.1 Å². The third-order valence-electron chi connectivity index (χ3n) is 5.25. The van der Waals surface area contributed by atoms with E-state index in [0.29, 0.717) is 0 Å². The van der Waals surface area contributed by atoms with E-state index < -0.39 is 0 Å². The first kappa shape index (κ1) is 17.2. The lowest BCUT2D eigenvalue weighted by Crippen LogP contribution is -2.25. The summed E-state index contributed by atoms with van der Waals surface area (Å²) in [6.07, 6.45) is 2.16. The zero-order chi connectivity index (χ0) is 17.1. The summed E-state index contributed by atoms with van der Waals surface area (Å²) in [7, 11) is 4.36. The highest BCUT2D eigenvalue weighted by atomic mass is 15.1. The molecule has 3 rings (SSSR count). The van der Waals surface area contributed by atoms with Gasteiger partial charge in [0.25, 0.3) is 0 Å². The van der Waals surface area contributed by atoms with E-state index in [0.717, 1.165) is 39.0 Å². The van der Waals surface area contributed by atoms with Crippen molar-refractivity contribution in [1.82, 2.24) is 9.80 Å². The van der Waals surface area contributed by atoms with Crippen molar-refractivity contribution in [3.05, 3.63) is 69.8 Å². The lowest BCUT2D eigenvalue weighted by molar-refractivity contribution is 0.292. The van der Waals surface area contributed by atoms with E-state index >= 15 is 0 Å². The second-order valence-corrected chi connectivity index (χ2v) is 7.16. The summed E-state index contributed by atoms with van der Waals surface area (Å²) < 4.78 is 0. The van der Waals surface area contributed by atoms with Gasteiger partial charge in [-0.1, -0.05) is 50.2 Å². The molecule has 0 amide bonds. The van der Waals surface area contributed by atoms with Crippen molar-refractivity contribution in [3.63, 3.8) is 0 Å². The average Bonchev–Trinajstić information content (AvgIpc) is 2.59. The smallest absolute Gasteiger partial charge is 0.0236 e. The van der Waals surface area contributed by atoms with Gasteiger partial charge in [-0.3, -0.25) is 4.90 Å². The van der Waals surface area contributed by atoms with Crippen LogP contribution in [0.5, 0.6) is 0 Å². The fourth-order valence-corrected chi connectivity index (χ4v) is 3.82. The lowest BCUT2D eigenvalue weighted by Gasteiger charge is -2.28. The summed E-state index contributed by atoms with van der Waals surface area (Å²) >= 11 is 0. The monoisotopic (exact) mass is 322 g/mol. The molecule has 24 heavy (non-hydrogen) atoms. The van der Waals surface area contributed by atoms with Gasteiger partial charge in [0.2, 0.25) is 0 Å². The SMILES string of the molecule is CCN(CC)Cc1ccc2c(c1CN(C)C)Cc1ccccc1C2. The first-order valence-corrected chi connectivity index (χ1v) is 9.18. The Morgan fingerprint density at radius 1 is 0.792 bits per heavy atom. The fraction of sp³-hybridized carbons (Fsp3) is 0.455. The largest absolute Gasteiger partial charge is 0.305 e. The molecule has 0 saturated carbocycles. The van der Waals surface area contributed by atoms with Gasteiger partial charge in [-0.2, -0.15) is 0 Å². The van der Waals surface area contributed by atoms with Crippen LogP contribution in [0.15, 0.2) is 36.4 Å². The van der Waals surface area contributed by atoms with Crippen LogP contribution in [-0.4, -0.2) is 37.0 Å². The molecule has 0 fully saturated rings. The molecule has 128 valence electrons. The molecule has 0 unspecified atom stereocenters. The van der Waals surface area contributed by atoms with Crippen LogP contribution in [0.4, 0.5) is 0 Å². The van der Waals surface area contributed by atoms with E-state index in [1.807, 2.05) is 0 Å². The van der Waals surface area contributed by atoms with Crippen molar-refractivity contribution in [2.24, 2.45) is 0 Å². The molecule has 2 heteroatoms. The Labute approximate surface area is 147 Å². The van der Waals surface area contributed by atoms with E-state index in [4.69, 9.17) is 0 Å². The molecule has 0 N–H and O–H groups in total. The van der Waals surface area contributed by atoms with Crippen LogP contribution in [-0.2, 0) is 25.9 Å². The van der Waals surface area contributed by atoms with Crippen LogP contribution >= 0.6 is 0 Å². The summed E-state index contributed by atoms with van der Waals surface area (Å²) in [5, 5.41) is 0. The van der Waals surface area contributed by atoms with Gasteiger partial charge in [0.1, 0.15) is 0 Å². The van der Waals surface area contributed by atoms with Crippen molar-refractivity contribution >= 4 is 0 Å². The maximum atomic E-state index is 2.51. The molecule has 2 aromatic rings. The van der Waals surface area contributed by atoms with Gasteiger partial charge in [-0.25, -0.2) is 0 Å². The zero-order valence-corrected chi connectivity index (χ0v) is 15.6. The number of fused-ring (bicyclic) bond motifs is 2. The molecule has 1 aliphatic rings. The molecular weight excluding hydrogens is 292 g/mol. The molecule has 0 aliphatic heterocycles. The minimum atomic E-state index is 1.03. The summed E-state index contributed by atoms with van der Waals surface area (Å²) in [5.41, 5.74) is 9.16. The Hall–Kier alpha value is -1.64. The van der Waals surface area contributed by atoms with Gasteiger partial charge >= 0.3 is 0 Å². The molecule has 0 spiro atoms. The van der Waals surface area contributed by atoms with Gasteiger partial charge in [0.05, 0.1) is 0 Å². The van der Waals surface area contributed by atoms with Crippen LogP contribution in [0.2, 0.25) is 0 Å². The summed E-state index contributed by atoms with van der Waals surface area (Å²) in [6.45, 7) is 8.82. The molecule has 1 aliphatic carbocycles. The second-order valence-electron chi connectivity index (χ2n) is 7.16. The van der Waals surface area contributed by atoms with Gasteiger partial charge in [-0.15, -0.1) is 0 Å². The van der Waals surface area contributed by atoms with E-state index in [9.17, 15) is 0 Å². The second kappa shape index (κ2) is 7.50. The number of rotatable bonds is 6. The van der Waals surface area contributed by atoms with Crippen LogP contribution in [0, 0.1) is 0 Å². The van der Waals surface area contributed by atoms with Crippen LogP contribution in [0.3, 0.4) is 0 Å². The van der Waals surface area contributed by atoms with Crippen molar-refractivity contribution < 1.29 is 0 Å². The highest BCUT2D eigenvalue weighted by Gasteiger charge is 2.20. The van der Waals surface area contributed by atoms with Crippen molar-refractivity contribution in [2.45, 2.75) is 39.8 Å². The van der Waals surface area contributed by atoms with Crippen LogP contribution < -0.4 is 0 Å². The number of hydrogen-bond acceptors (Lipinski definition) is 2. The highest BCUT2D eigenvalue weighted by molar-refractivity contribution is 5.51. The Morgan fingerprint density at radius 2 is 1.46 bits per heavy atom. The van der Waals surface area contributed by atoms with Crippen LogP contribution in [0.1, 0.15) is 47.2 Å². The predicted molar refractivity (Wildman–Crippen MR) is 103 cm³/mol. The standard InChI is InChI=1S/C22H30N2/c1-5-24(6-2)15-20-12-11-19-13-17-9-7-8-10-18(17)14-21(19)22(20)16-23(3)4/h7-12H,5-6,13-16H2,1-4H3. The molecule has 0 saturated heterocycles. The topological polar surface area (TPSA) is 6.48 Å². The Bertz CT molecular complexity index is 699. The normalized spacial score (nSPS) is 13.2. The minimum Gasteiger partial charge on any atom is -0.305 e. The third kappa shape index (κ3) is 3.55. The van der Waals surface area contributed by atoms with Crippen molar-refractivity contribution in [3.8, 4) is 0 Å². The van der Waals surface area contributed by atoms with Gasteiger partial charge in [-0.05, 0) is 73.4 Å². The first-order valence-electron chi connectivity index (χ1n) is 9.18. The Balaban J connectivity index is 2.01. The maximum absolute atomic E-state index is 2.51. The quantitative estimate of drug-likeness (QED) is 0.674. The molecule has 0 aromatic heterocycles. The Kier molecular flexibility index (Phi) is 5.37. The molecular formula is C22H30N2. The van der Waals surface area contributed by atoms with Gasteiger partial charge in [0.15, 0.2) is 0 Å². The molecule has 2 aromatic carbocycles. The molecule has 2 nitrogen and oxygen atoms in total. The Morgan fingerprint density at radius 3 is 2.08 bits per heavy atom. The maximum Gasteiger partial charge on any atom is 0.0236 e. The summed E-state index contributed by atoms with van der Waals surface area (Å²) in [4.78, 5) is 4.82. The summed E-state index contributed by atoms with van der Waals surface area (Å²) in [6, 6.07) is 13.7. The lowest BCUT2D eigenvalue weighted by atomic mass is 9.82.